The van der Waals surface area contributed by atoms with Gasteiger partial charge in [0.15, 0.2) is 5.82 Å². The number of nitrogens with zero attached hydrogens (tertiary/aromatic N) is 6. The van der Waals surface area contributed by atoms with Gasteiger partial charge in [-0.1, -0.05) is 0 Å². The van der Waals surface area contributed by atoms with Crippen LogP contribution in [0, 0.1) is 6.92 Å². The molecule has 0 aromatic carbocycles. The number of hydrogen-bond donors (Lipinski definition) is 1. The van der Waals surface area contributed by atoms with E-state index in [0.29, 0.717) is 0 Å². The molecule has 2 aromatic heterocycles. The molecule has 1 fully saturated rings. The lowest BCUT2D eigenvalue weighted by Crippen LogP contribution is -2.33. The van der Waals surface area contributed by atoms with Crippen molar-refractivity contribution in [2.75, 3.05) is 44.2 Å². The van der Waals surface area contributed by atoms with Crippen molar-refractivity contribution in [3.8, 4) is 0 Å². The van der Waals surface area contributed by atoms with Gasteiger partial charge in [-0.3, -0.25) is 9.30 Å². The predicted molar refractivity (Wildman–Crippen MR) is 75.9 cm³/mol. The second-order valence-electron chi connectivity index (χ2n) is 5.10. The van der Waals surface area contributed by atoms with E-state index in [1.165, 1.54) is 0 Å². The highest BCUT2D eigenvalue weighted by molar-refractivity contribution is 5.63. The predicted octanol–water partition coefficient (Wildman–Crippen LogP) is -0.0629. The molecule has 7 heteroatoms. The second kappa shape index (κ2) is 5.72. The Morgan fingerprint density at radius 2 is 2.10 bits per heavy atom. The lowest BCUT2D eigenvalue weighted by molar-refractivity contribution is 0.204. The highest BCUT2D eigenvalue weighted by Crippen LogP contribution is 2.19. The van der Waals surface area contributed by atoms with Crippen molar-refractivity contribution in [3.05, 3.63) is 18.2 Å². The van der Waals surface area contributed by atoms with Gasteiger partial charge in [-0.05, 0) is 19.9 Å². The van der Waals surface area contributed by atoms with Crippen molar-refractivity contribution in [3.63, 3.8) is 0 Å². The van der Waals surface area contributed by atoms with E-state index < -0.39 is 0 Å². The fourth-order valence-electron chi connectivity index (χ4n) is 2.70. The molecule has 3 heterocycles. The quantitative estimate of drug-likeness (QED) is 0.847. The molecule has 0 spiro atoms. The maximum absolute atomic E-state index is 9.05. The van der Waals surface area contributed by atoms with Crippen LogP contribution in [-0.2, 0) is 0 Å². The molecule has 7 nitrogen and oxygen atoms in total. The van der Waals surface area contributed by atoms with Crippen molar-refractivity contribution < 1.29 is 5.11 Å². The first-order valence-corrected chi connectivity index (χ1v) is 7.04. The zero-order chi connectivity index (χ0) is 13.9. The molecule has 0 amide bonds. The van der Waals surface area contributed by atoms with Crippen LogP contribution in [0.2, 0.25) is 0 Å². The van der Waals surface area contributed by atoms with Crippen LogP contribution < -0.4 is 4.90 Å². The first-order valence-electron chi connectivity index (χ1n) is 7.04. The van der Waals surface area contributed by atoms with Crippen LogP contribution in [0.3, 0.4) is 0 Å². The molecule has 1 N–H and O–H groups in total. The molecule has 3 rings (SSSR count). The Bertz CT molecular complexity index is 583. The molecule has 0 bridgehead atoms. The van der Waals surface area contributed by atoms with Gasteiger partial charge < -0.3 is 10.0 Å². The van der Waals surface area contributed by atoms with Crippen molar-refractivity contribution in [2.45, 2.75) is 13.3 Å². The number of anilines is 1. The summed E-state index contributed by atoms with van der Waals surface area (Å²) < 4.78 is 1.97. The number of aryl methyl sites for hydroxylation is 1. The molecule has 0 aliphatic carbocycles. The van der Waals surface area contributed by atoms with Gasteiger partial charge in [0, 0.05) is 38.6 Å². The third-order valence-electron chi connectivity index (χ3n) is 3.78. The minimum absolute atomic E-state index is 0.219. The summed E-state index contributed by atoms with van der Waals surface area (Å²) in [5, 5.41) is 17.4. The molecule has 108 valence electrons. The maximum Gasteiger partial charge on any atom is 0.203 e. The summed E-state index contributed by atoms with van der Waals surface area (Å²) in [5.74, 6) is 1.78. The monoisotopic (exact) mass is 276 g/mol. The number of hydrogen-bond acceptors (Lipinski definition) is 6. The minimum Gasteiger partial charge on any atom is -0.395 e. The Labute approximate surface area is 117 Å². The molecule has 0 radical (unpaired) electrons. The van der Waals surface area contributed by atoms with E-state index in [2.05, 4.69) is 25.0 Å². The normalized spacial score (nSPS) is 17.6. The fraction of sp³-hybridized carbons (Fsp3) is 0.615. The van der Waals surface area contributed by atoms with Crippen molar-refractivity contribution in [2.24, 2.45) is 0 Å². The van der Waals surface area contributed by atoms with Crippen LogP contribution in [-0.4, -0.2) is 68.9 Å². The largest absolute Gasteiger partial charge is 0.395 e. The van der Waals surface area contributed by atoms with E-state index in [4.69, 9.17) is 5.11 Å². The highest BCUT2D eigenvalue weighted by Gasteiger charge is 2.19. The zero-order valence-electron chi connectivity index (χ0n) is 11.7. The zero-order valence-corrected chi connectivity index (χ0v) is 11.7. The molecule has 20 heavy (non-hydrogen) atoms. The van der Waals surface area contributed by atoms with Gasteiger partial charge in [-0.2, -0.15) is 0 Å². The van der Waals surface area contributed by atoms with E-state index >= 15 is 0 Å². The number of fused-ring (bicyclic) bond motifs is 1. The number of aliphatic hydroxyl groups is 1. The summed E-state index contributed by atoms with van der Waals surface area (Å²) in [6, 6.07) is 0. The summed E-state index contributed by atoms with van der Waals surface area (Å²) in [7, 11) is 0. The van der Waals surface area contributed by atoms with E-state index in [0.717, 1.165) is 56.4 Å². The smallest absolute Gasteiger partial charge is 0.203 e. The lowest BCUT2D eigenvalue weighted by Gasteiger charge is -2.22. The SMILES string of the molecule is Cc1nnc2c(N3CCCN(CCO)CC3)nccn12. The maximum atomic E-state index is 9.05. The topological polar surface area (TPSA) is 69.8 Å². The van der Waals surface area contributed by atoms with E-state index in [9.17, 15) is 0 Å². The van der Waals surface area contributed by atoms with Gasteiger partial charge in [-0.15, -0.1) is 10.2 Å². The average Bonchev–Trinajstić information content (AvgIpc) is 2.70. The van der Waals surface area contributed by atoms with E-state index in [1.54, 1.807) is 6.20 Å². The molecule has 2 aromatic rings. The molecule has 0 atom stereocenters. The number of aliphatic hydroxyl groups excluding tert-OH is 1. The Morgan fingerprint density at radius 3 is 2.95 bits per heavy atom. The molecule has 1 aliphatic heterocycles. The Kier molecular flexibility index (Phi) is 3.79. The van der Waals surface area contributed by atoms with Gasteiger partial charge in [0.2, 0.25) is 5.65 Å². The molecule has 1 aliphatic rings. The highest BCUT2D eigenvalue weighted by atomic mass is 16.3. The molecular weight excluding hydrogens is 256 g/mol. The molecule has 1 saturated heterocycles. The van der Waals surface area contributed by atoms with Crippen LogP contribution in [0.4, 0.5) is 5.82 Å². The van der Waals surface area contributed by atoms with Crippen LogP contribution in [0.5, 0.6) is 0 Å². The van der Waals surface area contributed by atoms with Crippen LogP contribution in [0.15, 0.2) is 12.4 Å². The summed E-state index contributed by atoms with van der Waals surface area (Å²) >= 11 is 0. The molecule has 0 unspecified atom stereocenters. The Morgan fingerprint density at radius 1 is 1.20 bits per heavy atom. The Hall–Kier alpha value is -1.73. The van der Waals surface area contributed by atoms with Crippen LogP contribution >= 0.6 is 0 Å². The number of rotatable bonds is 3. The molecular formula is C13H20N6O. The lowest BCUT2D eigenvalue weighted by atomic mass is 10.4. The fourth-order valence-corrected chi connectivity index (χ4v) is 2.70. The minimum atomic E-state index is 0.219. The summed E-state index contributed by atoms with van der Waals surface area (Å²) in [6.45, 7) is 6.73. The van der Waals surface area contributed by atoms with E-state index in [-0.39, 0.29) is 6.61 Å². The van der Waals surface area contributed by atoms with Crippen LogP contribution in [0.1, 0.15) is 12.2 Å². The second-order valence-corrected chi connectivity index (χ2v) is 5.10. The van der Waals surface area contributed by atoms with Gasteiger partial charge in [0.25, 0.3) is 0 Å². The summed E-state index contributed by atoms with van der Waals surface area (Å²) in [4.78, 5) is 9.04. The van der Waals surface area contributed by atoms with Crippen LogP contribution in [0.25, 0.3) is 5.65 Å². The first-order chi connectivity index (χ1) is 9.79. The number of aromatic nitrogens is 4. The third kappa shape index (κ3) is 2.46. The van der Waals surface area contributed by atoms with Gasteiger partial charge >= 0.3 is 0 Å². The first kappa shape index (κ1) is 13.3. The summed E-state index contributed by atoms with van der Waals surface area (Å²) in [5.41, 5.74) is 0.820. The van der Waals surface area contributed by atoms with Crippen molar-refractivity contribution >= 4 is 11.5 Å². The van der Waals surface area contributed by atoms with Crippen molar-refractivity contribution in [1.82, 2.24) is 24.5 Å². The van der Waals surface area contributed by atoms with Gasteiger partial charge in [0.05, 0.1) is 6.61 Å². The molecule has 0 saturated carbocycles. The third-order valence-corrected chi connectivity index (χ3v) is 3.78. The van der Waals surface area contributed by atoms with Gasteiger partial charge in [-0.25, -0.2) is 4.98 Å². The average molecular weight is 276 g/mol. The van der Waals surface area contributed by atoms with Crippen molar-refractivity contribution in [1.29, 1.82) is 0 Å². The number of β-amino-alcohol motifs (C(OH)–C–C–N with tert-alkyl or cyclic N) is 1. The van der Waals surface area contributed by atoms with E-state index in [1.807, 2.05) is 17.5 Å². The van der Waals surface area contributed by atoms with Gasteiger partial charge in [0.1, 0.15) is 5.82 Å². The Balaban J connectivity index is 1.84. The standard InChI is InChI=1S/C13H20N6O/c1-11-15-16-13-12(14-3-6-19(11)13)18-5-2-4-17(7-8-18)9-10-20/h3,6,20H,2,4-5,7-10H2,1H3. The summed E-state index contributed by atoms with van der Waals surface area (Å²) in [6.07, 6.45) is 4.76.